The van der Waals surface area contributed by atoms with E-state index in [0.717, 1.165) is 43.9 Å². The molecule has 1 N–H and O–H groups in total. The topological polar surface area (TPSA) is 66.8 Å². The number of hydrogen-bond donors (Lipinski definition) is 1. The SMILES string of the molecule is Clc1snnc1CN(Cc1cncnc1)C1CCCNCC1. The smallest absolute Gasteiger partial charge is 0.138 e. The first-order valence-electron chi connectivity index (χ1n) is 7.48. The molecule has 0 bridgehead atoms. The van der Waals surface area contributed by atoms with Gasteiger partial charge in [-0.05, 0) is 32.4 Å². The fourth-order valence-electron chi connectivity index (χ4n) is 2.81. The Morgan fingerprint density at radius 1 is 1.23 bits per heavy atom. The van der Waals surface area contributed by atoms with Gasteiger partial charge in [-0.1, -0.05) is 16.1 Å². The van der Waals surface area contributed by atoms with Crippen LogP contribution >= 0.6 is 23.1 Å². The highest BCUT2D eigenvalue weighted by atomic mass is 35.5. The molecule has 6 nitrogen and oxygen atoms in total. The standard InChI is InChI=1S/C14H19ClN6S/c15-14-13(19-20-22-14)9-21(8-11-6-17-10-18-7-11)12-2-1-4-16-5-3-12/h6-7,10,12,16H,1-5,8-9H2. The van der Waals surface area contributed by atoms with E-state index in [4.69, 9.17) is 11.6 Å². The zero-order valence-corrected chi connectivity index (χ0v) is 13.9. The molecule has 3 rings (SSSR count). The second kappa shape index (κ2) is 7.92. The van der Waals surface area contributed by atoms with Gasteiger partial charge in [0.2, 0.25) is 0 Å². The minimum atomic E-state index is 0.507. The predicted molar refractivity (Wildman–Crippen MR) is 86.7 cm³/mol. The maximum absolute atomic E-state index is 6.19. The fourth-order valence-corrected chi connectivity index (χ4v) is 3.42. The van der Waals surface area contributed by atoms with Gasteiger partial charge >= 0.3 is 0 Å². The third kappa shape index (κ3) is 4.19. The first-order chi connectivity index (χ1) is 10.8. The maximum Gasteiger partial charge on any atom is 0.138 e. The van der Waals surface area contributed by atoms with E-state index in [1.807, 2.05) is 12.4 Å². The molecule has 118 valence electrons. The number of aromatic nitrogens is 4. The summed E-state index contributed by atoms with van der Waals surface area (Å²) in [7, 11) is 0. The van der Waals surface area contributed by atoms with Crippen molar-refractivity contribution in [1.29, 1.82) is 0 Å². The first kappa shape index (κ1) is 15.7. The van der Waals surface area contributed by atoms with Gasteiger partial charge in [-0.25, -0.2) is 9.97 Å². The number of rotatable bonds is 5. The summed E-state index contributed by atoms with van der Waals surface area (Å²) in [6.45, 7) is 3.67. The Morgan fingerprint density at radius 2 is 2.09 bits per heavy atom. The molecule has 0 aromatic carbocycles. The van der Waals surface area contributed by atoms with Crippen molar-refractivity contribution in [2.45, 2.75) is 38.4 Å². The highest BCUT2D eigenvalue weighted by molar-refractivity contribution is 7.10. The minimum Gasteiger partial charge on any atom is -0.317 e. The van der Waals surface area contributed by atoms with E-state index in [2.05, 4.69) is 29.8 Å². The Labute approximate surface area is 139 Å². The van der Waals surface area contributed by atoms with Gasteiger partial charge in [-0.3, -0.25) is 4.90 Å². The lowest BCUT2D eigenvalue weighted by Gasteiger charge is -2.30. The summed E-state index contributed by atoms with van der Waals surface area (Å²) < 4.78 is 4.62. The van der Waals surface area contributed by atoms with Gasteiger partial charge in [0.1, 0.15) is 16.4 Å². The molecule has 1 fully saturated rings. The summed E-state index contributed by atoms with van der Waals surface area (Å²) in [5.41, 5.74) is 1.97. The molecule has 0 saturated carbocycles. The third-order valence-corrected chi connectivity index (χ3v) is 4.91. The van der Waals surface area contributed by atoms with Crippen LogP contribution in [-0.2, 0) is 13.1 Å². The number of hydrogen-bond acceptors (Lipinski definition) is 7. The zero-order valence-electron chi connectivity index (χ0n) is 12.3. The Bertz CT molecular complexity index is 570. The molecular formula is C14H19ClN6S. The van der Waals surface area contributed by atoms with Crippen molar-refractivity contribution in [3.8, 4) is 0 Å². The highest BCUT2D eigenvalue weighted by Gasteiger charge is 2.22. The van der Waals surface area contributed by atoms with Crippen LogP contribution in [0.5, 0.6) is 0 Å². The molecule has 2 aromatic heterocycles. The Hall–Kier alpha value is -1.15. The molecule has 0 amide bonds. The van der Waals surface area contributed by atoms with Crippen molar-refractivity contribution in [3.63, 3.8) is 0 Å². The Morgan fingerprint density at radius 3 is 2.86 bits per heavy atom. The van der Waals surface area contributed by atoms with E-state index in [1.54, 1.807) is 6.33 Å². The predicted octanol–water partition coefficient (Wildman–Crippen LogP) is 2.13. The lowest BCUT2D eigenvalue weighted by Crippen LogP contribution is -2.35. The molecule has 1 unspecified atom stereocenters. The summed E-state index contributed by atoms with van der Waals surface area (Å²) in [6.07, 6.45) is 8.80. The summed E-state index contributed by atoms with van der Waals surface area (Å²) in [4.78, 5) is 10.7. The van der Waals surface area contributed by atoms with Gasteiger partial charge in [0.05, 0.1) is 0 Å². The van der Waals surface area contributed by atoms with Crippen LogP contribution in [0, 0.1) is 0 Å². The summed E-state index contributed by atoms with van der Waals surface area (Å²) in [5, 5.41) is 7.63. The van der Waals surface area contributed by atoms with Crippen LogP contribution in [-0.4, -0.2) is 43.6 Å². The Kier molecular flexibility index (Phi) is 5.66. The Balaban J connectivity index is 1.76. The van der Waals surface area contributed by atoms with Gasteiger partial charge in [0.15, 0.2) is 0 Å². The largest absolute Gasteiger partial charge is 0.317 e. The molecule has 2 aromatic rings. The minimum absolute atomic E-state index is 0.507. The lowest BCUT2D eigenvalue weighted by atomic mass is 10.1. The lowest BCUT2D eigenvalue weighted by molar-refractivity contribution is 0.162. The van der Waals surface area contributed by atoms with E-state index in [-0.39, 0.29) is 0 Å². The molecule has 22 heavy (non-hydrogen) atoms. The normalized spacial score (nSPS) is 19.3. The van der Waals surface area contributed by atoms with Gasteiger partial charge < -0.3 is 5.32 Å². The van der Waals surface area contributed by atoms with Crippen LogP contribution in [0.3, 0.4) is 0 Å². The van der Waals surface area contributed by atoms with Crippen molar-refractivity contribution >= 4 is 23.1 Å². The van der Waals surface area contributed by atoms with Crippen molar-refractivity contribution in [2.75, 3.05) is 13.1 Å². The average Bonchev–Trinajstić information content (AvgIpc) is 2.79. The van der Waals surface area contributed by atoms with Crippen molar-refractivity contribution in [2.24, 2.45) is 0 Å². The number of halogens is 1. The summed E-state index contributed by atoms with van der Waals surface area (Å²) >= 11 is 7.43. The van der Waals surface area contributed by atoms with Crippen LogP contribution in [0.15, 0.2) is 18.7 Å². The van der Waals surface area contributed by atoms with Gasteiger partial charge in [-0.2, -0.15) is 0 Å². The second-order valence-corrected chi connectivity index (χ2v) is 6.84. The van der Waals surface area contributed by atoms with E-state index in [0.29, 0.717) is 10.4 Å². The molecule has 1 aliphatic heterocycles. The number of nitrogens with zero attached hydrogens (tertiary/aromatic N) is 5. The maximum atomic E-state index is 6.19. The van der Waals surface area contributed by atoms with E-state index >= 15 is 0 Å². The zero-order chi connectivity index (χ0) is 15.2. The molecule has 0 radical (unpaired) electrons. The molecule has 0 aliphatic carbocycles. The van der Waals surface area contributed by atoms with E-state index in [1.165, 1.54) is 24.4 Å². The molecule has 0 spiro atoms. The monoisotopic (exact) mass is 338 g/mol. The van der Waals surface area contributed by atoms with Gasteiger partial charge in [-0.15, -0.1) is 5.10 Å². The van der Waals surface area contributed by atoms with Crippen molar-refractivity contribution in [1.82, 2.24) is 29.8 Å². The van der Waals surface area contributed by atoms with Crippen LogP contribution in [0.4, 0.5) is 0 Å². The van der Waals surface area contributed by atoms with Gasteiger partial charge in [0.25, 0.3) is 0 Å². The van der Waals surface area contributed by atoms with Gasteiger partial charge in [0, 0.05) is 48.6 Å². The average molecular weight is 339 g/mol. The number of nitrogens with one attached hydrogen (secondary N) is 1. The second-order valence-electron chi connectivity index (χ2n) is 5.48. The van der Waals surface area contributed by atoms with Crippen molar-refractivity contribution in [3.05, 3.63) is 34.3 Å². The molecule has 1 aliphatic rings. The van der Waals surface area contributed by atoms with Crippen LogP contribution in [0.25, 0.3) is 0 Å². The molecule has 1 atom stereocenters. The van der Waals surface area contributed by atoms with Crippen LogP contribution < -0.4 is 5.32 Å². The first-order valence-corrected chi connectivity index (χ1v) is 8.63. The van der Waals surface area contributed by atoms with Crippen molar-refractivity contribution < 1.29 is 0 Å². The summed E-state index contributed by atoms with van der Waals surface area (Å²) in [6, 6.07) is 0.507. The van der Waals surface area contributed by atoms with Crippen LogP contribution in [0.1, 0.15) is 30.5 Å². The van der Waals surface area contributed by atoms with E-state index < -0.39 is 0 Å². The van der Waals surface area contributed by atoms with E-state index in [9.17, 15) is 0 Å². The molecule has 3 heterocycles. The highest BCUT2D eigenvalue weighted by Crippen LogP contribution is 2.23. The van der Waals surface area contributed by atoms with Crippen LogP contribution in [0.2, 0.25) is 4.34 Å². The fraction of sp³-hybridized carbons (Fsp3) is 0.571. The summed E-state index contributed by atoms with van der Waals surface area (Å²) in [5.74, 6) is 0. The third-order valence-electron chi connectivity index (χ3n) is 3.92. The quantitative estimate of drug-likeness (QED) is 0.900. The molecule has 1 saturated heterocycles. The molecule has 8 heteroatoms. The molecular weight excluding hydrogens is 320 g/mol.